The number of halogens is 1. The molecule has 2 rings (SSSR count). The molecule has 2 heterocycles. The van der Waals surface area contributed by atoms with Crippen LogP contribution in [0.2, 0.25) is 0 Å². The fraction of sp³-hybridized carbons (Fsp3) is 0.778. The molecule has 1 fully saturated rings. The molecular formula is C18H34IN7O. The van der Waals surface area contributed by atoms with Crippen LogP contribution in [0.1, 0.15) is 51.8 Å². The highest BCUT2D eigenvalue weighted by Gasteiger charge is 2.15. The van der Waals surface area contributed by atoms with Crippen molar-refractivity contribution < 1.29 is 4.79 Å². The van der Waals surface area contributed by atoms with E-state index < -0.39 is 0 Å². The van der Waals surface area contributed by atoms with Crippen LogP contribution in [0, 0.1) is 0 Å². The predicted molar refractivity (Wildman–Crippen MR) is 118 cm³/mol. The van der Waals surface area contributed by atoms with E-state index in [1.807, 2.05) is 4.90 Å². The van der Waals surface area contributed by atoms with Gasteiger partial charge < -0.3 is 20.1 Å². The highest BCUT2D eigenvalue weighted by atomic mass is 127. The summed E-state index contributed by atoms with van der Waals surface area (Å²) in [6.45, 7) is 8.96. The summed E-state index contributed by atoms with van der Waals surface area (Å²) in [5.41, 5.74) is 0. The van der Waals surface area contributed by atoms with Crippen LogP contribution in [0.15, 0.2) is 11.3 Å². The number of carbonyl (C=O) groups excluding carboxylic acids is 1. The van der Waals surface area contributed by atoms with Crippen LogP contribution in [0.5, 0.6) is 0 Å². The summed E-state index contributed by atoms with van der Waals surface area (Å²) >= 11 is 0. The summed E-state index contributed by atoms with van der Waals surface area (Å²) in [5.74, 6) is 2.12. The fourth-order valence-electron chi connectivity index (χ4n) is 3.10. The lowest BCUT2D eigenvalue weighted by atomic mass is 10.2. The van der Waals surface area contributed by atoms with E-state index in [9.17, 15) is 4.79 Å². The third-order valence-corrected chi connectivity index (χ3v) is 4.53. The van der Waals surface area contributed by atoms with Crippen molar-refractivity contribution in [2.75, 3.05) is 32.7 Å². The maximum absolute atomic E-state index is 12.0. The second kappa shape index (κ2) is 13.7. The van der Waals surface area contributed by atoms with E-state index in [0.717, 1.165) is 70.2 Å². The molecule has 0 aromatic carbocycles. The minimum atomic E-state index is 0. The van der Waals surface area contributed by atoms with Crippen molar-refractivity contribution in [2.24, 2.45) is 4.99 Å². The highest BCUT2D eigenvalue weighted by Crippen LogP contribution is 2.11. The van der Waals surface area contributed by atoms with E-state index >= 15 is 0 Å². The molecule has 0 unspecified atom stereocenters. The Balaban J connectivity index is 0.00000364. The third kappa shape index (κ3) is 8.44. The number of amides is 1. The molecular weight excluding hydrogens is 457 g/mol. The Morgan fingerprint density at radius 2 is 2.07 bits per heavy atom. The molecule has 1 amide bonds. The molecule has 2 N–H and O–H groups in total. The number of nitrogens with one attached hydrogen (secondary N) is 2. The van der Waals surface area contributed by atoms with Crippen LogP contribution in [0.3, 0.4) is 0 Å². The van der Waals surface area contributed by atoms with Crippen LogP contribution in [0.4, 0.5) is 0 Å². The zero-order valence-electron chi connectivity index (χ0n) is 16.6. The van der Waals surface area contributed by atoms with Crippen molar-refractivity contribution in [3.05, 3.63) is 12.2 Å². The molecule has 0 saturated carbocycles. The first-order valence-electron chi connectivity index (χ1n) is 9.91. The fourth-order valence-corrected chi connectivity index (χ4v) is 3.10. The summed E-state index contributed by atoms with van der Waals surface area (Å²) in [6.07, 6.45) is 7.58. The molecule has 27 heavy (non-hydrogen) atoms. The van der Waals surface area contributed by atoms with Gasteiger partial charge in [0.25, 0.3) is 0 Å². The van der Waals surface area contributed by atoms with Gasteiger partial charge in [0.1, 0.15) is 12.2 Å². The Morgan fingerprint density at radius 1 is 1.22 bits per heavy atom. The average Bonchev–Trinajstić information content (AvgIpc) is 3.00. The van der Waals surface area contributed by atoms with E-state index in [-0.39, 0.29) is 24.0 Å². The number of guanidine groups is 1. The number of likely N-dealkylation sites (tertiary alicyclic amines) is 1. The van der Waals surface area contributed by atoms with Gasteiger partial charge in [-0.1, -0.05) is 13.3 Å². The lowest BCUT2D eigenvalue weighted by molar-refractivity contribution is -0.130. The van der Waals surface area contributed by atoms with Crippen molar-refractivity contribution in [1.29, 1.82) is 0 Å². The number of hydrogen-bond donors (Lipinski definition) is 2. The topological polar surface area (TPSA) is 87.4 Å². The van der Waals surface area contributed by atoms with Gasteiger partial charge in [0.05, 0.1) is 0 Å². The molecule has 0 aliphatic carbocycles. The summed E-state index contributed by atoms with van der Waals surface area (Å²) in [5, 5.41) is 14.7. The first kappa shape index (κ1) is 23.6. The van der Waals surface area contributed by atoms with E-state index in [1.165, 1.54) is 6.42 Å². The third-order valence-electron chi connectivity index (χ3n) is 4.53. The Bertz CT molecular complexity index is 576. The Hall–Kier alpha value is -1.39. The molecule has 0 radical (unpaired) electrons. The van der Waals surface area contributed by atoms with E-state index in [1.54, 1.807) is 6.33 Å². The zero-order valence-corrected chi connectivity index (χ0v) is 18.9. The summed E-state index contributed by atoms with van der Waals surface area (Å²) in [4.78, 5) is 18.6. The molecule has 0 spiro atoms. The minimum Gasteiger partial charge on any atom is -0.357 e. The van der Waals surface area contributed by atoms with Crippen molar-refractivity contribution in [1.82, 2.24) is 30.3 Å². The molecule has 0 atom stereocenters. The lowest BCUT2D eigenvalue weighted by Crippen LogP contribution is -2.39. The van der Waals surface area contributed by atoms with Gasteiger partial charge in [0.15, 0.2) is 5.96 Å². The molecule has 1 aromatic rings. The maximum atomic E-state index is 12.0. The molecule has 154 valence electrons. The van der Waals surface area contributed by atoms with Crippen molar-refractivity contribution >= 4 is 35.8 Å². The molecule has 1 aliphatic rings. The standard InChI is InChI=1S/C18H33N7O.HI/c1-3-16-23-22-15-25(16)14-11-21-18(19-4-2)20-10-8-13-24-12-7-5-6-9-17(24)26;/h15H,3-14H2,1-2H3,(H2,19,20,21);1H. The first-order valence-corrected chi connectivity index (χ1v) is 9.91. The Morgan fingerprint density at radius 3 is 2.85 bits per heavy atom. The predicted octanol–water partition coefficient (Wildman–Crippen LogP) is 1.81. The number of hydrogen-bond acceptors (Lipinski definition) is 4. The SMILES string of the molecule is CCNC(=NCCCN1CCCCCC1=O)NCCn1cnnc1CC.I. The smallest absolute Gasteiger partial charge is 0.222 e. The van der Waals surface area contributed by atoms with E-state index in [0.29, 0.717) is 18.9 Å². The van der Waals surface area contributed by atoms with Gasteiger partial charge in [-0.05, 0) is 26.2 Å². The van der Waals surface area contributed by atoms with E-state index in [4.69, 9.17) is 0 Å². The van der Waals surface area contributed by atoms with Crippen LogP contribution in [-0.4, -0.2) is 64.3 Å². The van der Waals surface area contributed by atoms with Crippen LogP contribution < -0.4 is 10.6 Å². The average molecular weight is 491 g/mol. The van der Waals surface area contributed by atoms with Gasteiger partial charge in [-0.25, -0.2) is 0 Å². The second-order valence-corrected chi connectivity index (χ2v) is 6.53. The van der Waals surface area contributed by atoms with Crippen molar-refractivity contribution in [3.63, 3.8) is 0 Å². The Labute approximate surface area is 179 Å². The first-order chi connectivity index (χ1) is 12.7. The largest absolute Gasteiger partial charge is 0.357 e. The van der Waals surface area contributed by atoms with E-state index in [2.05, 4.69) is 44.2 Å². The lowest BCUT2D eigenvalue weighted by Gasteiger charge is -2.20. The number of aliphatic imine (C=N–C) groups is 1. The quantitative estimate of drug-likeness (QED) is 0.238. The van der Waals surface area contributed by atoms with Gasteiger partial charge in [0.2, 0.25) is 5.91 Å². The Kier molecular flexibility index (Phi) is 12.0. The van der Waals surface area contributed by atoms with Crippen molar-refractivity contribution in [3.8, 4) is 0 Å². The van der Waals surface area contributed by atoms with Gasteiger partial charge in [-0.15, -0.1) is 34.2 Å². The molecule has 1 aromatic heterocycles. The van der Waals surface area contributed by atoms with Gasteiger partial charge in [-0.2, -0.15) is 0 Å². The maximum Gasteiger partial charge on any atom is 0.222 e. The van der Waals surface area contributed by atoms with Gasteiger partial charge >= 0.3 is 0 Å². The monoisotopic (exact) mass is 491 g/mol. The van der Waals surface area contributed by atoms with Gasteiger partial charge in [0, 0.05) is 52.1 Å². The number of aryl methyl sites for hydroxylation is 1. The van der Waals surface area contributed by atoms with Crippen LogP contribution in [-0.2, 0) is 17.8 Å². The molecule has 1 aliphatic heterocycles. The highest BCUT2D eigenvalue weighted by molar-refractivity contribution is 14.0. The van der Waals surface area contributed by atoms with Crippen molar-refractivity contribution in [2.45, 2.75) is 58.9 Å². The number of rotatable bonds is 9. The number of aromatic nitrogens is 3. The molecule has 9 heteroatoms. The number of carbonyl (C=O) groups is 1. The number of nitrogens with zero attached hydrogens (tertiary/aromatic N) is 5. The summed E-state index contributed by atoms with van der Waals surface area (Å²) in [6, 6.07) is 0. The molecule has 1 saturated heterocycles. The summed E-state index contributed by atoms with van der Waals surface area (Å²) in [7, 11) is 0. The van der Waals surface area contributed by atoms with Crippen LogP contribution in [0.25, 0.3) is 0 Å². The summed E-state index contributed by atoms with van der Waals surface area (Å²) < 4.78 is 2.06. The second-order valence-electron chi connectivity index (χ2n) is 6.53. The van der Waals surface area contributed by atoms with Crippen LogP contribution >= 0.6 is 24.0 Å². The molecule has 8 nitrogen and oxygen atoms in total. The molecule has 0 bridgehead atoms. The minimum absolute atomic E-state index is 0. The normalized spacial score (nSPS) is 15.3. The zero-order chi connectivity index (χ0) is 18.6. The van der Waals surface area contributed by atoms with Gasteiger partial charge in [-0.3, -0.25) is 9.79 Å².